The zero-order chi connectivity index (χ0) is 16.3. The molecule has 0 bridgehead atoms. The van der Waals surface area contributed by atoms with E-state index in [4.69, 9.17) is 0 Å². The Balaban J connectivity index is 1.73. The zero-order valence-corrected chi connectivity index (χ0v) is 12.2. The molecule has 23 heavy (non-hydrogen) atoms. The highest BCUT2D eigenvalue weighted by Gasteiger charge is 2.33. The number of alkyl halides is 3. The van der Waals surface area contributed by atoms with Crippen molar-refractivity contribution in [3.8, 4) is 0 Å². The number of halogens is 3. The van der Waals surface area contributed by atoms with Gasteiger partial charge in [0.05, 0.1) is 0 Å². The van der Waals surface area contributed by atoms with Gasteiger partial charge in [-0.05, 0) is 18.6 Å². The summed E-state index contributed by atoms with van der Waals surface area (Å²) in [6.07, 6.45) is 0.779. The van der Waals surface area contributed by atoms with Crippen molar-refractivity contribution in [3.63, 3.8) is 0 Å². The first-order chi connectivity index (χ1) is 11.0. The van der Waals surface area contributed by atoms with Crippen LogP contribution in [0.15, 0.2) is 30.7 Å². The molecule has 0 aromatic carbocycles. The number of rotatable bonds is 2. The molecule has 3 heterocycles. The molecule has 1 saturated heterocycles. The summed E-state index contributed by atoms with van der Waals surface area (Å²) in [4.78, 5) is 19.8. The van der Waals surface area contributed by atoms with E-state index >= 15 is 0 Å². The smallest absolute Gasteiger partial charge is 0.339 e. The van der Waals surface area contributed by atoms with Gasteiger partial charge in [-0.2, -0.15) is 13.2 Å². The Hall–Kier alpha value is -2.45. The van der Waals surface area contributed by atoms with Gasteiger partial charge in [-0.25, -0.2) is 19.9 Å². The van der Waals surface area contributed by atoms with Crippen LogP contribution in [0.3, 0.4) is 0 Å². The van der Waals surface area contributed by atoms with Crippen LogP contribution in [0, 0.1) is 0 Å². The Morgan fingerprint density at radius 3 is 2.09 bits per heavy atom. The maximum absolute atomic E-state index is 12.8. The van der Waals surface area contributed by atoms with E-state index in [9.17, 15) is 13.2 Å². The monoisotopic (exact) mass is 324 g/mol. The van der Waals surface area contributed by atoms with E-state index in [0.717, 1.165) is 25.2 Å². The van der Waals surface area contributed by atoms with Gasteiger partial charge in [0.15, 0.2) is 0 Å². The van der Waals surface area contributed by atoms with Crippen molar-refractivity contribution in [2.45, 2.75) is 12.6 Å². The molecular weight excluding hydrogens is 309 g/mol. The number of anilines is 2. The maximum Gasteiger partial charge on any atom is 0.433 e. The molecule has 0 spiro atoms. The number of aromatic nitrogens is 4. The van der Waals surface area contributed by atoms with Crippen molar-refractivity contribution < 1.29 is 13.2 Å². The molecule has 0 saturated carbocycles. The van der Waals surface area contributed by atoms with Gasteiger partial charge in [-0.1, -0.05) is 0 Å². The SMILES string of the molecule is FC(F)(F)c1ccnc(N2CCCN(c3ncccn3)CC2)n1. The fraction of sp³-hybridized carbons (Fsp3) is 0.429. The highest BCUT2D eigenvalue weighted by molar-refractivity contribution is 5.35. The predicted molar refractivity (Wildman–Crippen MR) is 78.1 cm³/mol. The molecule has 1 aliphatic rings. The van der Waals surface area contributed by atoms with Crippen molar-refractivity contribution in [1.29, 1.82) is 0 Å². The van der Waals surface area contributed by atoms with Gasteiger partial charge >= 0.3 is 6.18 Å². The Morgan fingerprint density at radius 1 is 0.826 bits per heavy atom. The molecule has 2 aromatic heterocycles. The first kappa shape index (κ1) is 15.4. The lowest BCUT2D eigenvalue weighted by atomic mass is 10.4. The summed E-state index contributed by atoms with van der Waals surface area (Å²) in [7, 11) is 0. The molecule has 3 rings (SSSR count). The average molecular weight is 324 g/mol. The van der Waals surface area contributed by atoms with E-state index in [0.29, 0.717) is 25.6 Å². The molecule has 9 heteroatoms. The molecule has 0 amide bonds. The second kappa shape index (κ2) is 6.35. The molecule has 1 fully saturated rings. The Morgan fingerprint density at radius 2 is 1.43 bits per heavy atom. The molecule has 0 radical (unpaired) electrons. The van der Waals surface area contributed by atoms with Gasteiger partial charge in [0, 0.05) is 44.8 Å². The van der Waals surface area contributed by atoms with Gasteiger partial charge < -0.3 is 9.80 Å². The Bertz CT molecular complexity index is 648. The molecule has 0 unspecified atom stereocenters. The van der Waals surface area contributed by atoms with Crippen LogP contribution in [0.2, 0.25) is 0 Å². The van der Waals surface area contributed by atoms with Crippen molar-refractivity contribution in [1.82, 2.24) is 19.9 Å². The van der Waals surface area contributed by atoms with Crippen LogP contribution in [0.5, 0.6) is 0 Å². The molecule has 0 N–H and O–H groups in total. The first-order valence-electron chi connectivity index (χ1n) is 7.21. The van der Waals surface area contributed by atoms with Crippen LogP contribution < -0.4 is 9.80 Å². The summed E-state index contributed by atoms with van der Waals surface area (Å²) in [5.74, 6) is 0.731. The van der Waals surface area contributed by atoms with Crippen molar-refractivity contribution in [3.05, 3.63) is 36.4 Å². The van der Waals surface area contributed by atoms with Gasteiger partial charge in [-0.15, -0.1) is 0 Å². The van der Waals surface area contributed by atoms with Crippen LogP contribution in [0.1, 0.15) is 12.1 Å². The largest absolute Gasteiger partial charge is 0.433 e. The van der Waals surface area contributed by atoms with E-state index < -0.39 is 11.9 Å². The lowest BCUT2D eigenvalue weighted by Gasteiger charge is -2.22. The van der Waals surface area contributed by atoms with Gasteiger partial charge in [0.25, 0.3) is 0 Å². The van der Waals surface area contributed by atoms with Crippen molar-refractivity contribution in [2.75, 3.05) is 36.0 Å². The predicted octanol–water partition coefficient (Wildman–Crippen LogP) is 2.00. The Labute approximate surface area is 131 Å². The van der Waals surface area contributed by atoms with E-state index in [-0.39, 0.29) is 5.95 Å². The molecule has 1 aliphatic heterocycles. The minimum absolute atomic E-state index is 0.107. The molecule has 6 nitrogen and oxygen atoms in total. The zero-order valence-electron chi connectivity index (χ0n) is 12.2. The minimum Gasteiger partial charge on any atom is -0.339 e. The van der Waals surface area contributed by atoms with Crippen LogP contribution in [-0.2, 0) is 6.18 Å². The van der Waals surface area contributed by atoms with Crippen molar-refractivity contribution in [2.24, 2.45) is 0 Å². The van der Waals surface area contributed by atoms with Crippen LogP contribution in [-0.4, -0.2) is 46.1 Å². The van der Waals surface area contributed by atoms with Gasteiger partial charge in [0.1, 0.15) is 5.69 Å². The summed E-state index contributed by atoms with van der Waals surface area (Å²) in [5.41, 5.74) is -0.921. The summed E-state index contributed by atoms with van der Waals surface area (Å²) in [5, 5.41) is 0. The molecule has 122 valence electrons. The van der Waals surface area contributed by atoms with Crippen molar-refractivity contribution >= 4 is 11.9 Å². The van der Waals surface area contributed by atoms with E-state index in [1.54, 1.807) is 23.4 Å². The molecule has 2 aromatic rings. The maximum atomic E-state index is 12.8. The lowest BCUT2D eigenvalue weighted by Crippen LogP contribution is -2.32. The summed E-state index contributed by atoms with van der Waals surface area (Å²) in [6.45, 7) is 2.44. The summed E-state index contributed by atoms with van der Waals surface area (Å²) >= 11 is 0. The van der Waals surface area contributed by atoms with Crippen LogP contribution in [0.4, 0.5) is 25.1 Å². The van der Waals surface area contributed by atoms with Crippen LogP contribution >= 0.6 is 0 Å². The summed E-state index contributed by atoms with van der Waals surface area (Å²) in [6, 6.07) is 2.62. The lowest BCUT2D eigenvalue weighted by molar-refractivity contribution is -0.141. The first-order valence-corrected chi connectivity index (χ1v) is 7.21. The second-order valence-corrected chi connectivity index (χ2v) is 5.12. The van der Waals surface area contributed by atoms with Crippen LogP contribution in [0.25, 0.3) is 0 Å². The van der Waals surface area contributed by atoms with Gasteiger partial charge in [-0.3, -0.25) is 0 Å². The average Bonchev–Trinajstić information content (AvgIpc) is 2.81. The van der Waals surface area contributed by atoms with Gasteiger partial charge in [0.2, 0.25) is 11.9 Å². The third-order valence-corrected chi connectivity index (χ3v) is 3.55. The van der Waals surface area contributed by atoms with E-state index in [1.807, 2.05) is 4.90 Å². The Kier molecular flexibility index (Phi) is 4.26. The minimum atomic E-state index is -4.46. The normalized spacial score (nSPS) is 16.3. The number of nitrogens with zero attached hydrogens (tertiary/aromatic N) is 6. The molecule has 0 atom stereocenters. The fourth-order valence-electron chi connectivity index (χ4n) is 2.43. The highest BCUT2D eigenvalue weighted by Crippen LogP contribution is 2.28. The molecular formula is C14H15F3N6. The quantitative estimate of drug-likeness (QED) is 0.842. The molecule has 0 aliphatic carbocycles. The second-order valence-electron chi connectivity index (χ2n) is 5.12. The third kappa shape index (κ3) is 3.66. The summed E-state index contributed by atoms with van der Waals surface area (Å²) < 4.78 is 38.3. The highest BCUT2D eigenvalue weighted by atomic mass is 19.4. The van der Waals surface area contributed by atoms with E-state index in [1.165, 1.54) is 0 Å². The standard InChI is InChI=1S/C14H15F3N6/c15-14(16,17)11-3-6-20-13(21-11)23-8-2-7-22(9-10-23)12-18-4-1-5-19-12/h1,3-6H,2,7-10H2. The topological polar surface area (TPSA) is 58.0 Å². The number of hydrogen-bond donors (Lipinski definition) is 0. The number of hydrogen-bond acceptors (Lipinski definition) is 6. The fourth-order valence-corrected chi connectivity index (χ4v) is 2.43. The van der Waals surface area contributed by atoms with E-state index in [2.05, 4.69) is 19.9 Å². The third-order valence-electron chi connectivity index (χ3n) is 3.55.